The molecule has 0 bridgehead atoms. The van der Waals surface area contributed by atoms with Crippen LogP contribution in [-0.4, -0.2) is 26.7 Å². The summed E-state index contributed by atoms with van der Waals surface area (Å²) in [5, 5.41) is 18.2. The molecular weight excluding hydrogens is 331 g/mol. The number of aromatic nitrogens is 1. The summed E-state index contributed by atoms with van der Waals surface area (Å²) in [5.74, 6) is -3.18. The lowest BCUT2D eigenvalue weighted by Crippen LogP contribution is -2.29. The fourth-order valence-corrected chi connectivity index (χ4v) is 2.21. The minimum Gasteiger partial charge on any atom is -0.478 e. The number of nitrogens with zero attached hydrogens (tertiary/aromatic N) is 1. The van der Waals surface area contributed by atoms with Gasteiger partial charge in [-0.1, -0.05) is 6.07 Å². The van der Waals surface area contributed by atoms with Crippen LogP contribution >= 0.6 is 0 Å². The first-order chi connectivity index (χ1) is 11.0. The van der Waals surface area contributed by atoms with Crippen LogP contribution < -0.4 is 5.56 Å². The van der Waals surface area contributed by atoms with Crippen molar-refractivity contribution < 1.29 is 33.0 Å². The van der Waals surface area contributed by atoms with Crippen LogP contribution in [0.25, 0.3) is 5.69 Å². The predicted octanol–water partition coefficient (Wildman–Crippen LogP) is 2.56. The van der Waals surface area contributed by atoms with Crippen LogP contribution in [0.5, 0.6) is 0 Å². The van der Waals surface area contributed by atoms with E-state index in [1.807, 2.05) is 0 Å². The van der Waals surface area contributed by atoms with Crippen LogP contribution in [0.15, 0.2) is 35.1 Å². The van der Waals surface area contributed by atoms with Crippen molar-refractivity contribution in [3.05, 3.63) is 63.1 Å². The van der Waals surface area contributed by atoms with Crippen LogP contribution in [0.1, 0.15) is 32.0 Å². The Morgan fingerprint density at radius 2 is 1.62 bits per heavy atom. The number of benzene rings is 1. The molecule has 0 spiro atoms. The zero-order valence-corrected chi connectivity index (χ0v) is 12.1. The van der Waals surface area contributed by atoms with Gasteiger partial charge in [0, 0.05) is 11.4 Å². The van der Waals surface area contributed by atoms with Crippen molar-refractivity contribution in [3.8, 4) is 5.69 Å². The Balaban J connectivity index is 2.86. The highest BCUT2D eigenvalue weighted by atomic mass is 19.4. The Hall–Kier alpha value is -3.10. The molecule has 0 fully saturated rings. The molecule has 2 aromatic rings. The standard InChI is InChI=1S/C15H10F3NO5/c1-7-10(13(21)22)6-11(14(23)24)12(20)19(7)9-4-2-3-8(5-9)15(16,17)18/h2-6H,1H3,(H,21,22)(H,23,24). The summed E-state index contributed by atoms with van der Waals surface area (Å²) in [6.07, 6.45) is -4.67. The maximum absolute atomic E-state index is 12.8. The first kappa shape index (κ1) is 17.3. The third-order valence-electron chi connectivity index (χ3n) is 3.34. The quantitative estimate of drug-likeness (QED) is 0.894. The lowest BCUT2D eigenvalue weighted by atomic mass is 10.1. The molecule has 1 aromatic carbocycles. The highest BCUT2D eigenvalue weighted by Crippen LogP contribution is 2.30. The highest BCUT2D eigenvalue weighted by molar-refractivity contribution is 5.94. The molecule has 0 radical (unpaired) electrons. The second-order valence-corrected chi connectivity index (χ2v) is 4.86. The molecular formula is C15H10F3NO5. The van der Waals surface area contributed by atoms with E-state index in [2.05, 4.69) is 0 Å². The fourth-order valence-electron chi connectivity index (χ4n) is 2.21. The van der Waals surface area contributed by atoms with Gasteiger partial charge in [-0.25, -0.2) is 9.59 Å². The minimum absolute atomic E-state index is 0.183. The molecule has 1 aromatic heterocycles. The summed E-state index contributed by atoms with van der Waals surface area (Å²) in [6.45, 7) is 1.21. The van der Waals surface area contributed by atoms with Crippen molar-refractivity contribution in [2.45, 2.75) is 13.1 Å². The Bertz CT molecular complexity index is 899. The van der Waals surface area contributed by atoms with E-state index in [4.69, 9.17) is 10.2 Å². The van der Waals surface area contributed by atoms with E-state index in [1.165, 1.54) is 6.92 Å². The Morgan fingerprint density at radius 1 is 1.04 bits per heavy atom. The van der Waals surface area contributed by atoms with Crippen molar-refractivity contribution in [2.24, 2.45) is 0 Å². The monoisotopic (exact) mass is 341 g/mol. The van der Waals surface area contributed by atoms with Gasteiger partial charge in [-0.3, -0.25) is 9.36 Å². The summed E-state index contributed by atoms with van der Waals surface area (Å²) in [5.41, 5.74) is -3.98. The van der Waals surface area contributed by atoms with Gasteiger partial charge < -0.3 is 10.2 Å². The Labute approximate surface area is 132 Å². The van der Waals surface area contributed by atoms with Crippen molar-refractivity contribution >= 4 is 11.9 Å². The summed E-state index contributed by atoms with van der Waals surface area (Å²) in [6, 6.07) is 4.31. The van der Waals surface area contributed by atoms with Gasteiger partial charge in [0.05, 0.1) is 11.1 Å². The maximum atomic E-state index is 12.8. The molecule has 6 nitrogen and oxygen atoms in total. The number of rotatable bonds is 3. The number of hydrogen-bond acceptors (Lipinski definition) is 3. The predicted molar refractivity (Wildman–Crippen MR) is 75.7 cm³/mol. The molecule has 2 rings (SSSR count). The molecule has 0 atom stereocenters. The number of carboxylic acid groups (broad SMARTS) is 2. The van der Waals surface area contributed by atoms with Gasteiger partial charge in [-0.15, -0.1) is 0 Å². The largest absolute Gasteiger partial charge is 0.478 e. The van der Waals surface area contributed by atoms with Gasteiger partial charge in [0.15, 0.2) is 0 Å². The van der Waals surface area contributed by atoms with Crippen molar-refractivity contribution in [2.75, 3.05) is 0 Å². The number of hydrogen-bond donors (Lipinski definition) is 2. The first-order valence-electron chi connectivity index (χ1n) is 6.45. The lowest BCUT2D eigenvalue weighted by Gasteiger charge is -2.15. The van der Waals surface area contributed by atoms with Gasteiger partial charge in [-0.2, -0.15) is 13.2 Å². The van der Waals surface area contributed by atoms with E-state index in [0.717, 1.165) is 18.2 Å². The molecule has 0 amide bonds. The average Bonchev–Trinajstić information content (AvgIpc) is 2.46. The van der Waals surface area contributed by atoms with Crippen molar-refractivity contribution in [1.82, 2.24) is 4.57 Å². The molecule has 126 valence electrons. The van der Waals surface area contributed by atoms with E-state index in [-0.39, 0.29) is 11.4 Å². The molecule has 1 heterocycles. The summed E-state index contributed by atoms with van der Waals surface area (Å²) in [7, 11) is 0. The van der Waals surface area contributed by atoms with E-state index in [9.17, 15) is 27.6 Å². The van der Waals surface area contributed by atoms with Crippen LogP contribution in [0.4, 0.5) is 13.2 Å². The Kier molecular flexibility index (Phi) is 4.20. The molecule has 0 saturated heterocycles. The maximum Gasteiger partial charge on any atom is 0.416 e. The fraction of sp³-hybridized carbons (Fsp3) is 0.133. The summed E-state index contributed by atoms with van der Waals surface area (Å²) in [4.78, 5) is 34.6. The molecule has 0 saturated carbocycles. The molecule has 9 heteroatoms. The van der Waals surface area contributed by atoms with Gasteiger partial charge in [0.1, 0.15) is 5.56 Å². The third kappa shape index (κ3) is 3.00. The highest BCUT2D eigenvalue weighted by Gasteiger charge is 2.31. The molecule has 0 aliphatic heterocycles. The Morgan fingerprint density at radius 3 is 2.12 bits per heavy atom. The molecule has 2 N–H and O–H groups in total. The number of aromatic carboxylic acids is 2. The summed E-state index contributed by atoms with van der Waals surface area (Å²) < 4.78 is 39.1. The van der Waals surface area contributed by atoms with E-state index in [0.29, 0.717) is 16.7 Å². The molecule has 0 aliphatic rings. The van der Waals surface area contributed by atoms with Crippen molar-refractivity contribution in [1.29, 1.82) is 0 Å². The van der Waals surface area contributed by atoms with Crippen LogP contribution in [0.3, 0.4) is 0 Å². The van der Waals surface area contributed by atoms with Crippen LogP contribution in [-0.2, 0) is 6.18 Å². The molecule has 24 heavy (non-hydrogen) atoms. The molecule has 0 unspecified atom stereocenters. The summed E-state index contributed by atoms with van der Waals surface area (Å²) >= 11 is 0. The van der Waals surface area contributed by atoms with E-state index >= 15 is 0 Å². The van der Waals surface area contributed by atoms with Gasteiger partial charge in [0.25, 0.3) is 5.56 Å². The van der Waals surface area contributed by atoms with Crippen molar-refractivity contribution in [3.63, 3.8) is 0 Å². The topological polar surface area (TPSA) is 96.6 Å². The van der Waals surface area contributed by atoms with Crippen LogP contribution in [0.2, 0.25) is 0 Å². The normalized spacial score (nSPS) is 11.3. The van der Waals surface area contributed by atoms with E-state index in [1.54, 1.807) is 0 Å². The zero-order valence-electron chi connectivity index (χ0n) is 12.1. The number of alkyl halides is 3. The van der Waals surface area contributed by atoms with E-state index < -0.39 is 40.4 Å². The lowest BCUT2D eigenvalue weighted by molar-refractivity contribution is -0.137. The second kappa shape index (κ2) is 5.84. The minimum atomic E-state index is -4.67. The number of halogens is 3. The first-order valence-corrected chi connectivity index (χ1v) is 6.45. The third-order valence-corrected chi connectivity index (χ3v) is 3.34. The number of carboxylic acids is 2. The number of carbonyl (C=O) groups is 2. The zero-order chi connectivity index (χ0) is 18.2. The average molecular weight is 341 g/mol. The molecule has 0 aliphatic carbocycles. The van der Waals surface area contributed by atoms with Crippen LogP contribution in [0, 0.1) is 6.92 Å². The SMILES string of the molecule is Cc1c(C(=O)O)cc(C(=O)O)c(=O)n1-c1cccc(C(F)(F)F)c1. The van der Waals surface area contributed by atoms with Gasteiger partial charge >= 0.3 is 18.1 Å². The number of pyridine rings is 1. The smallest absolute Gasteiger partial charge is 0.416 e. The second-order valence-electron chi connectivity index (χ2n) is 4.86. The van der Waals surface area contributed by atoms with Gasteiger partial charge in [-0.05, 0) is 31.2 Å². The van der Waals surface area contributed by atoms with Gasteiger partial charge in [0.2, 0.25) is 0 Å².